The molecule has 0 radical (unpaired) electrons. The van der Waals surface area contributed by atoms with E-state index in [0.29, 0.717) is 23.8 Å². The SMILES string of the molecule is COc1ccc(OC)c(NC(=O)/C=C/c2cccc(OCc3ccccc3)c2)c1. The molecule has 0 saturated heterocycles. The van der Waals surface area contributed by atoms with Crippen LogP contribution >= 0.6 is 0 Å². The van der Waals surface area contributed by atoms with Gasteiger partial charge < -0.3 is 19.5 Å². The molecule has 0 spiro atoms. The van der Waals surface area contributed by atoms with Crippen molar-refractivity contribution in [2.75, 3.05) is 19.5 Å². The molecule has 29 heavy (non-hydrogen) atoms. The number of benzene rings is 3. The predicted molar refractivity (Wildman–Crippen MR) is 114 cm³/mol. The summed E-state index contributed by atoms with van der Waals surface area (Å²) in [4.78, 5) is 12.3. The van der Waals surface area contributed by atoms with E-state index >= 15 is 0 Å². The monoisotopic (exact) mass is 389 g/mol. The van der Waals surface area contributed by atoms with E-state index in [1.807, 2.05) is 54.6 Å². The average molecular weight is 389 g/mol. The van der Waals surface area contributed by atoms with Gasteiger partial charge in [-0.3, -0.25) is 4.79 Å². The van der Waals surface area contributed by atoms with E-state index in [4.69, 9.17) is 14.2 Å². The van der Waals surface area contributed by atoms with Crippen LogP contribution < -0.4 is 19.5 Å². The van der Waals surface area contributed by atoms with E-state index in [1.54, 1.807) is 38.5 Å². The number of anilines is 1. The summed E-state index contributed by atoms with van der Waals surface area (Å²) in [5.74, 6) is 1.66. The number of hydrogen-bond donors (Lipinski definition) is 1. The first kappa shape index (κ1) is 20.0. The second kappa shape index (κ2) is 9.99. The van der Waals surface area contributed by atoms with Crippen molar-refractivity contribution in [1.29, 1.82) is 0 Å². The Labute approximate surface area is 170 Å². The molecule has 0 bridgehead atoms. The molecule has 3 aromatic carbocycles. The highest BCUT2D eigenvalue weighted by atomic mass is 16.5. The fraction of sp³-hybridized carbons (Fsp3) is 0.125. The zero-order chi connectivity index (χ0) is 20.5. The first-order valence-electron chi connectivity index (χ1n) is 9.16. The first-order valence-corrected chi connectivity index (χ1v) is 9.16. The summed E-state index contributed by atoms with van der Waals surface area (Å²) in [5, 5.41) is 2.81. The minimum atomic E-state index is -0.271. The molecule has 0 aliphatic heterocycles. The zero-order valence-corrected chi connectivity index (χ0v) is 16.4. The lowest BCUT2D eigenvalue weighted by Gasteiger charge is -2.10. The lowest BCUT2D eigenvalue weighted by molar-refractivity contribution is -0.111. The number of carbonyl (C=O) groups excluding carboxylic acids is 1. The van der Waals surface area contributed by atoms with Crippen LogP contribution in [0.5, 0.6) is 17.2 Å². The predicted octanol–water partition coefficient (Wildman–Crippen LogP) is 4.93. The topological polar surface area (TPSA) is 56.8 Å². The summed E-state index contributed by atoms with van der Waals surface area (Å²) in [7, 11) is 3.12. The Morgan fingerprint density at radius 1 is 0.897 bits per heavy atom. The second-order valence-electron chi connectivity index (χ2n) is 6.24. The molecule has 0 saturated carbocycles. The molecule has 1 N–H and O–H groups in total. The van der Waals surface area contributed by atoms with Gasteiger partial charge in [0.25, 0.3) is 0 Å². The van der Waals surface area contributed by atoms with Crippen LogP contribution in [-0.2, 0) is 11.4 Å². The Kier molecular flexibility index (Phi) is 6.90. The molecular formula is C24H23NO4. The number of carbonyl (C=O) groups is 1. The third kappa shape index (κ3) is 5.87. The standard InChI is InChI=1S/C24H23NO4/c1-27-20-12-13-23(28-2)22(16-20)25-24(26)14-11-18-9-6-10-21(15-18)29-17-19-7-4-3-5-8-19/h3-16H,17H2,1-2H3,(H,25,26)/b14-11+. The third-order valence-corrected chi connectivity index (χ3v) is 4.20. The maximum atomic E-state index is 12.3. The van der Waals surface area contributed by atoms with Crippen molar-refractivity contribution in [3.63, 3.8) is 0 Å². The molecule has 0 aromatic heterocycles. The second-order valence-corrected chi connectivity index (χ2v) is 6.24. The molecule has 0 aliphatic carbocycles. The largest absolute Gasteiger partial charge is 0.497 e. The minimum absolute atomic E-state index is 0.271. The summed E-state index contributed by atoms with van der Waals surface area (Å²) in [6.07, 6.45) is 3.20. The summed E-state index contributed by atoms with van der Waals surface area (Å²) >= 11 is 0. The van der Waals surface area contributed by atoms with Crippen LogP contribution in [0.2, 0.25) is 0 Å². The van der Waals surface area contributed by atoms with Gasteiger partial charge >= 0.3 is 0 Å². The molecule has 0 unspecified atom stereocenters. The van der Waals surface area contributed by atoms with Crippen molar-refractivity contribution < 1.29 is 19.0 Å². The van der Waals surface area contributed by atoms with Crippen LogP contribution in [-0.4, -0.2) is 20.1 Å². The van der Waals surface area contributed by atoms with Crippen molar-refractivity contribution in [1.82, 2.24) is 0 Å². The van der Waals surface area contributed by atoms with E-state index in [2.05, 4.69) is 5.32 Å². The van der Waals surface area contributed by atoms with Gasteiger partial charge in [0, 0.05) is 12.1 Å². The summed E-state index contributed by atoms with van der Waals surface area (Å²) in [5.41, 5.74) is 2.50. The number of methoxy groups -OCH3 is 2. The molecule has 0 atom stereocenters. The van der Waals surface area contributed by atoms with Crippen molar-refractivity contribution in [3.8, 4) is 17.2 Å². The fourth-order valence-electron chi connectivity index (χ4n) is 2.71. The van der Waals surface area contributed by atoms with Gasteiger partial charge in [-0.25, -0.2) is 0 Å². The molecule has 148 valence electrons. The molecule has 0 fully saturated rings. The summed E-state index contributed by atoms with van der Waals surface area (Å²) in [6.45, 7) is 0.490. The Bertz CT molecular complexity index is 983. The molecule has 0 aliphatic rings. The maximum Gasteiger partial charge on any atom is 0.248 e. The first-order chi connectivity index (χ1) is 14.2. The molecule has 5 heteroatoms. The Balaban J connectivity index is 1.63. The van der Waals surface area contributed by atoms with Gasteiger partial charge in [0.15, 0.2) is 0 Å². The number of ether oxygens (including phenoxy) is 3. The Morgan fingerprint density at radius 2 is 1.72 bits per heavy atom. The van der Waals surface area contributed by atoms with Crippen molar-refractivity contribution in [3.05, 3.63) is 90.0 Å². The molecule has 3 aromatic rings. The molecule has 1 amide bonds. The van der Waals surface area contributed by atoms with Gasteiger partial charge in [0.2, 0.25) is 5.91 Å². The molecular weight excluding hydrogens is 366 g/mol. The Hall–Kier alpha value is -3.73. The molecule has 5 nitrogen and oxygen atoms in total. The lowest BCUT2D eigenvalue weighted by Crippen LogP contribution is -2.09. The van der Waals surface area contributed by atoms with Gasteiger partial charge in [-0.1, -0.05) is 42.5 Å². The van der Waals surface area contributed by atoms with Gasteiger partial charge in [0.1, 0.15) is 23.9 Å². The van der Waals surface area contributed by atoms with Crippen LogP contribution in [0.3, 0.4) is 0 Å². The van der Waals surface area contributed by atoms with Crippen LogP contribution in [0.1, 0.15) is 11.1 Å². The fourth-order valence-corrected chi connectivity index (χ4v) is 2.71. The third-order valence-electron chi connectivity index (χ3n) is 4.20. The summed E-state index contributed by atoms with van der Waals surface area (Å²) in [6, 6.07) is 22.8. The maximum absolute atomic E-state index is 12.3. The van der Waals surface area contributed by atoms with Gasteiger partial charge in [-0.05, 0) is 41.5 Å². The highest BCUT2D eigenvalue weighted by Gasteiger charge is 2.07. The minimum Gasteiger partial charge on any atom is -0.497 e. The van der Waals surface area contributed by atoms with Crippen molar-refractivity contribution >= 4 is 17.7 Å². The van der Waals surface area contributed by atoms with Crippen LogP contribution in [0, 0.1) is 0 Å². The quantitative estimate of drug-likeness (QED) is 0.555. The van der Waals surface area contributed by atoms with Gasteiger partial charge in [0.05, 0.1) is 19.9 Å². The van der Waals surface area contributed by atoms with E-state index in [9.17, 15) is 4.79 Å². The summed E-state index contributed by atoms with van der Waals surface area (Å²) < 4.78 is 16.3. The van der Waals surface area contributed by atoms with Crippen molar-refractivity contribution in [2.24, 2.45) is 0 Å². The normalized spacial score (nSPS) is 10.6. The van der Waals surface area contributed by atoms with Crippen molar-refractivity contribution in [2.45, 2.75) is 6.61 Å². The number of hydrogen-bond acceptors (Lipinski definition) is 4. The van der Waals surface area contributed by atoms with Crippen LogP contribution in [0.4, 0.5) is 5.69 Å². The van der Waals surface area contributed by atoms with Crippen LogP contribution in [0.25, 0.3) is 6.08 Å². The average Bonchev–Trinajstić information content (AvgIpc) is 2.77. The highest BCUT2D eigenvalue weighted by molar-refractivity contribution is 6.02. The number of rotatable bonds is 8. The lowest BCUT2D eigenvalue weighted by atomic mass is 10.2. The highest BCUT2D eigenvalue weighted by Crippen LogP contribution is 2.28. The van der Waals surface area contributed by atoms with Crippen LogP contribution in [0.15, 0.2) is 78.9 Å². The van der Waals surface area contributed by atoms with Gasteiger partial charge in [-0.2, -0.15) is 0 Å². The molecule has 0 heterocycles. The van der Waals surface area contributed by atoms with E-state index in [0.717, 1.165) is 16.9 Å². The Morgan fingerprint density at radius 3 is 2.48 bits per heavy atom. The number of amides is 1. The molecule has 3 rings (SSSR count). The van der Waals surface area contributed by atoms with E-state index in [-0.39, 0.29) is 5.91 Å². The smallest absolute Gasteiger partial charge is 0.248 e. The zero-order valence-electron chi connectivity index (χ0n) is 16.4. The van der Waals surface area contributed by atoms with E-state index in [1.165, 1.54) is 6.08 Å². The number of nitrogens with one attached hydrogen (secondary N) is 1. The van der Waals surface area contributed by atoms with Gasteiger partial charge in [-0.15, -0.1) is 0 Å². The van der Waals surface area contributed by atoms with E-state index < -0.39 is 0 Å².